The van der Waals surface area contributed by atoms with Crippen LogP contribution >= 0.6 is 15.9 Å². The predicted octanol–water partition coefficient (Wildman–Crippen LogP) is 4.49. The number of halogens is 1. The molecular formula is C39H48BrN7O5. The van der Waals surface area contributed by atoms with Gasteiger partial charge in [0.25, 0.3) is 11.5 Å². The van der Waals surface area contributed by atoms with E-state index in [1.54, 1.807) is 20.4 Å². The number of aryl methyl sites for hydroxylation is 1. The van der Waals surface area contributed by atoms with E-state index in [2.05, 4.69) is 66.7 Å². The maximum atomic E-state index is 13.6. The highest BCUT2D eigenvalue weighted by Crippen LogP contribution is 2.43. The summed E-state index contributed by atoms with van der Waals surface area (Å²) in [6.07, 6.45) is 7.57. The molecule has 3 amide bonds. The van der Waals surface area contributed by atoms with Gasteiger partial charge in [0.1, 0.15) is 10.2 Å². The van der Waals surface area contributed by atoms with Crippen molar-refractivity contribution in [2.24, 2.45) is 12.5 Å². The summed E-state index contributed by atoms with van der Waals surface area (Å²) in [6, 6.07) is 14.4. The van der Waals surface area contributed by atoms with Crippen LogP contribution in [0.15, 0.2) is 57.9 Å². The number of nitrogens with one attached hydrogen (secondary N) is 2. The molecule has 276 valence electrons. The standard InChI is InChI=1S/C39H48BrN7O5/c1-44-23-27(20-28(24-44)42-32-22-41-45(2)38(51)35(32)40)25-4-6-26(7-5-25)37(50)47-18-14-39(15-19-47)12-16-46(17-13-39)29-8-9-30(33(21-29)52-3)31-10-11-34(48)43-36(31)49/h4-9,21-22,27-28,31,42H,10-20,23-24H2,1-3H3,(H,43,48,49)/t27-,28+,31?/m0/s1. The molecule has 4 saturated heterocycles. The van der Waals surface area contributed by atoms with Gasteiger partial charge in [-0.2, -0.15) is 5.10 Å². The molecule has 7 rings (SSSR count). The van der Waals surface area contributed by atoms with Gasteiger partial charge in [0.05, 0.1) is 24.9 Å². The molecule has 4 aliphatic rings. The van der Waals surface area contributed by atoms with E-state index in [4.69, 9.17) is 4.74 Å². The zero-order chi connectivity index (χ0) is 36.6. The fourth-order valence-electron chi connectivity index (χ4n) is 8.68. The Morgan fingerprint density at radius 2 is 1.69 bits per heavy atom. The van der Waals surface area contributed by atoms with E-state index >= 15 is 0 Å². The number of methoxy groups -OCH3 is 1. The first-order valence-corrected chi connectivity index (χ1v) is 19.1. The van der Waals surface area contributed by atoms with E-state index in [1.807, 2.05) is 29.2 Å². The minimum Gasteiger partial charge on any atom is -0.496 e. The van der Waals surface area contributed by atoms with E-state index in [1.165, 1.54) is 10.2 Å². The summed E-state index contributed by atoms with van der Waals surface area (Å²) in [5.74, 6) is 0.220. The Balaban J connectivity index is 0.918. The smallest absolute Gasteiger partial charge is 0.282 e. The molecule has 5 heterocycles. The molecule has 0 bridgehead atoms. The number of aromatic nitrogens is 2. The molecule has 13 heteroatoms. The Labute approximate surface area is 313 Å². The average molecular weight is 775 g/mol. The number of ether oxygens (including phenoxy) is 1. The van der Waals surface area contributed by atoms with Crippen molar-refractivity contribution in [1.29, 1.82) is 0 Å². The van der Waals surface area contributed by atoms with Crippen molar-refractivity contribution in [3.8, 4) is 5.75 Å². The Morgan fingerprint density at radius 3 is 2.38 bits per heavy atom. The second-order valence-electron chi connectivity index (χ2n) is 15.1. The Kier molecular flexibility index (Phi) is 10.4. The van der Waals surface area contributed by atoms with Gasteiger partial charge < -0.3 is 24.8 Å². The van der Waals surface area contributed by atoms with Gasteiger partial charge in [-0.3, -0.25) is 24.5 Å². The quantitative estimate of drug-likeness (QED) is 0.334. The molecule has 4 aliphatic heterocycles. The predicted molar refractivity (Wildman–Crippen MR) is 203 cm³/mol. The Bertz CT molecular complexity index is 1880. The summed E-state index contributed by atoms with van der Waals surface area (Å²) in [6.45, 7) is 5.18. The normalized spacial score (nSPS) is 23.7. The van der Waals surface area contributed by atoms with Crippen LogP contribution < -0.4 is 25.8 Å². The molecule has 52 heavy (non-hydrogen) atoms. The minimum absolute atomic E-state index is 0.102. The molecule has 0 radical (unpaired) electrons. The number of amides is 3. The molecule has 12 nitrogen and oxygen atoms in total. The lowest BCUT2D eigenvalue weighted by molar-refractivity contribution is -0.134. The maximum Gasteiger partial charge on any atom is 0.282 e. The van der Waals surface area contributed by atoms with Gasteiger partial charge in [-0.05, 0) is 96.6 Å². The summed E-state index contributed by atoms with van der Waals surface area (Å²) in [5.41, 5.74) is 4.62. The number of carbonyl (C=O) groups excluding carboxylic acids is 3. The van der Waals surface area contributed by atoms with Crippen LogP contribution in [0.4, 0.5) is 11.4 Å². The molecule has 1 spiro atoms. The first kappa shape index (κ1) is 36.1. The zero-order valence-corrected chi connectivity index (χ0v) is 31.8. The van der Waals surface area contributed by atoms with E-state index < -0.39 is 0 Å². The van der Waals surface area contributed by atoms with E-state index in [-0.39, 0.29) is 40.7 Å². The number of nitrogens with zero attached hydrogens (tertiary/aromatic N) is 5. The topological polar surface area (TPSA) is 129 Å². The number of piperidine rings is 4. The third-order valence-electron chi connectivity index (χ3n) is 11.8. The van der Waals surface area contributed by atoms with E-state index in [9.17, 15) is 19.2 Å². The first-order chi connectivity index (χ1) is 25.0. The van der Waals surface area contributed by atoms with E-state index in [0.29, 0.717) is 34.7 Å². The van der Waals surface area contributed by atoms with Crippen LogP contribution in [0.2, 0.25) is 0 Å². The Hall–Kier alpha value is -4.23. The third-order valence-corrected chi connectivity index (χ3v) is 12.6. The summed E-state index contributed by atoms with van der Waals surface area (Å²) in [4.78, 5) is 56.9. The highest BCUT2D eigenvalue weighted by Gasteiger charge is 2.39. The van der Waals surface area contributed by atoms with E-state index in [0.717, 1.165) is 88.2 Å². The fourth-order valence-corrected chi connectivity index (χ4v) is 9.15. The Morgan fingerprint density at radius 1 is 0.981 bits per heavy atom. The van der Waals surface area contributed by atoms with Gasteiger partial charge >= 0.3 is 0 Å². The van der Waals surface area contributed by atoms with Crippen molar-refractivity contribution in [3.63, 3.8) is 0 Å². The number of likely N-dealkylation sites (tertiary alicyclic amines) is 2. The molecule has 0 saturated carbocycles. The first-order valence-electron chi connectivity index (χ1n) is 18.4. The number of carbonyl (C=O) groups is 3. The summed E-state index contributed by atoms with van der Waals surface area (Å²) >= 11 is 3.43. The summed E-state index contributed by atoms with van der Waals surface area (Å²) < 4.78 is 7.52. The fraction of sp³-hybridized carbons (Fsp3) is 0.513. The monoisotopic (exact) mass is 773 g/mol. The lowest BCUT2D eigenvalue weighted by atomic mass is 9.71. The molecule has 2 N–H and O–H groups in total. The molecule has 2 aromatic carbocycles. The average Bonchev–Trinajstić information content (AvgIpc) is 3.15. The molecule has 1 aromatic heterocycles. The van der Waals surface area contributed by atoms with Gasteiger partial charge in [-0.1, -0.05) is 18.2 Å². The van der Waals surface area contributed by atoms with Crippen LogP contribution in [0.5, 0.6) is 5.75 Å². The molecule has 4 fully saturated rings. The number of benzene rings is 2. The second kappa shape index (κ2) is 15.0. The molecular weight excluding hydrogens is 726 g/mol. The SMILES string of the molecule is COc1cc(N2CCC3(CCN(C(=O)c4ccc([C@H]5C[C@@H](Nc6cnn(C)c(=O)c6Br)CN(C)C5)cc4)CC3)CC2)ccc1C1CCC(=O)NC1=O. The lowest BCUT2D eigenvalue weighted by Gasteiger charge is -2.47. The lowest BCUT2D eigenvalue weighted by Crippen LogP contribution is -2.48. The highest BCUT2D eigenvalue weighted by atomic mass is 79.9. The third kappa shape index (κ3) is 7.48. The van der Waals surface area contributed by atoms with Crippen LogP contribution in [0.1, 0.15) is 78.3 Å². The number of hydrogen-bond donors (Lipinski definition) is 2. The van der Waals surface area contributed by atoms with Crippen molar-refractivity contribution >= 4 is 45.0 Å². The van der Waals surface area contributed by atoms with Crippen molar-refractivity contribution < 1.29 is 19.1 Å². The van der Waals surface area contributed by atoms with Gasteiger partial charge in [-0.15, -0.1) is 0 Å². The van der Waals surface area contributed by atoms with Gasteiger partial charge in [0.15, 0.2) is 0 Å². The highest BCUT2D eigenvalue weighted by molar-refractivity contribution is 9.10. The number of likely N-dealkylation sites (N-methyl/N-ethyl adjacent to an activating group) is 1. The number of rotatable bonds is 7. The minimum atomic E-state index is -0.382. The van der Waals surface area contributed by atoms with Crippen LogP contribution in [-0.2, 0) is 16.6 Å². The second-order valence-corrected chi connectivity index (χ2v) is 15.9. The van der Waals surface area contributed by atoms with Crippen LogP contribution in [0.25, 0.3) is 0 Å². The molecule has 1 unspecified atom stereocenters. The number of imide groups is 1. The van der Waals surface area contributed by atoms with Crippen LogP contribution in [0, 0.1) is 5.41 Å². The molecule has 3 aromatic rings. The van der Waals surface area contributed by atoms with Crippen LogP contribution in [-0.4, -0.2) is 96.8 Å². The van der Waals surface area contributed by atoms with Gasteiger partial charge in [-0.25, -0.2) is 4.68 Å². The number of hydrogen-bond acceptors (Lipinski definition) is 9. The van der Waals surface area contributed by atoms with Crippen molar-refractivity contribution in [1.82, 2.24) is 24.9 Å². The van der Waals surface area contributed by atoms with Crippen molar-refractivity contribution in [2.45, 2.75) is 62.8 Å². The van der Waals surface area contributed by atoms with Gasteiger partial charge in [0.2, 0.25) is 11.8 Å². The van der Waals surface area contributed by atoms with Crippen molar-refractivity contribution in [3.05, 3.63) is 80.2 Å². The molecule has 3 atom stereocenters. The summed E-state index contributed by atoms with van der Waals surface area (Å²) in [7, 11) is 5.38. The van der Waals surface area contributed by atoms with Gasteiger partial charge in [0, 0.05) is 81.7 Å². The van der Waals surface area contributed by atoms with Crippen molar-refractivity contribution in [2.75, 3.05) is 63.6 Å². The maximum absolute atomic E-state index is 13.6. The van der Waals surface area contributed by atoms with Crippen LogP contribution in [0.3, 0.4) is 0 Å². The number of anilines is 2. The molecule has 0 aliphatic carbocycles. The summed E-state index contributed by atoms with van der Waals surface area (Å²) in [5, 5.41) is 10.1. The largest absolute Gasteiger partial charge is 0.496 e. The zero-order valence-electron chi connectivity index (χ0n) is 30.2.